The first-order valence-corrected chi connectivity index (χ1v) is 10.4. The van der Waals surface area contributed by atoms with Crippen LogP contribution in [0.15, 0.2) is 42.5 Å². The lowest BCUT2D eigenvalue weighted by Gasteiger charge is -2.37. The number of hydrogen-bond acceptors (Lipinski definition) is 6. The van der Waals surface area contributed by atoms with Crippen molar-refractivity contribution >= 4 is 11.6 Å². The highest BCUT2D eigenvalue weighted by Crippen LogP contribution is 2.33. The second-order valence-electron chi connectivity index (χ2n) is 7.84. The van der Waals surface area contributed by atoms with Crippen LogP contribution in [0, 0.1) is 6.92 Å². The number of carbonyl (C=O) groups is 1. The van der Waals surface area contributed by atoms with E-state index in [4.69, 9.17) is 9.47 Å². The van der Waals surface area contributed by atoms with Gasteiger partial charge in [-0.05, 0) is 31.0 Å². The number of hydrogen-bond donors (Lipinski definition) is 2. The number of carbonyl (C=O) groups excluding carboxylic acids is 1. The van der Waals surface area contributed by atoms with Crippen molar-refractivity contribution in [2.75, 3.05) is 45.3 Å². The first-order chi connectivity index (χ1) is 14.6. The van der Waals surface area contributed by atoms with Crippen LogP contribution in [0.2, 0.25) is 0 Å². The van der Waals surface area contributed by atoms with Gasteiger partial charge < -0.3 is 19.3 Å². The Morgan fingerprint density at radius 2 is 1.77 bits per heavy atom. The summed E-state index contributed by atoms with van der Waals surface area (Å²) in [6.07, 6.45) is 0.680. The molecule has 0 spiro atoms. The van der Waals surface area contributed by atoms with Gasteiger partial charge in [-0.15, -0.1) is 0 Å². The van der Waals surface area contributed by atoms with E-state index in [0.29, 0.717) is 6.42 Å². The van der Waals surface area contributed by atoms with Crippen LogP contribution in [-0.4, -0.2) is 57.2 Å². The molecule has 30 heavy (non-hydrogen) atoms. The first kappa shape index (κ1) is 20.5. The van der Waals surface area contributed by atoms with Crippen molar-refractivity contribution in [3.8, 4) is 11.5 Å². The normalized spacial score (nSPS) is 21.6. The van der Waals surface area contributed by atoms with Crippen LogP contribution in [0.25, 0.3) is 0 Å². The molecule has 2 fully saturated rings. The summed E-state index contributed by atoms with van der Waals surface area (Å²) in [4.78, 5) is 17.4. The number of benzene rings is 2. The van der Waals surface area contributed by atoms with Crippen molar-refractivity contribution in [3.63, 3.8) is 0 Å². The molecule has 2 unspecified atom stereocenters. The van der Waals surface area contributed by atoms with Gasteiger partial charge >= 0.3 is 0 Å². The highest BCUT2D eigenvalue weighted by molar-refractivity contribution is 5.82. The van der Waals surface area contributed by atoms with Gasteiger partial charge in [0.15, 0.2) is 0 Å². The van der Waals surface area contributed by atoms with Gasteiger partial charge in [0.2, 0.25) is 5.91 Å². The molecule has 2 aromatic carbocycles. The molecule has 0 radical (unpaired) electrons. The Morgan fingerprint density at radius 1 is 1.00 bits per heavy atom. The van der Waals surface area contributed by atoms with E-state index in [1.165, 1.54) is 11.3 Å². The molecule has 2 aliphatic rings. The van der Waals surface area contributed by atoms with Gasteiger partial charge in [0, 0.05) is 43.5 Å². The molecule has 2 aliphatic heterocycles. The molecule has 160 valence electrons. The van der Waals surface area contributed by atoms with Crippen LogP contribution in [0.5, 0.6) is 11.5 Å². The van der Waals surface area contributed by atoms with Crippen LogP contribution < -0.4 is 25.2 Å². The molecule has 2 N–H and O–H groups in total. The lowest BCUT2D eigenvalue weighted by atomic mass is 10.00. The van der Waals surface area contributed by atoms with Crippen molar-refractivity contribution in [1.82, 2.24) is 15.8 Å². The van der Waals surface area contributed by atoms with E-state index in [2.05, 4.69) is 46.9 Å². The number of aryl methyl sites for hydroxylation is 1. The lowest BCUT2D eigenvalue weighted by molar-refractivity contribution is -0.133. The van der Waals surface area contributed by atoms with Gasteiger partial charge in [0.05, 0.1) is 20.3 Å². The van der Waals surface area contributed by atoms with E-state index in [9.17, 15) is 4.79 Å². The Balaban J connectivity index is 1.36. The minimum atomic E-state index is -0.244. The molecule has 2 atom stereocenters. The number of rotatable bonds is 5. The zero-order valence-electron chi connectivity index (χ0n) is 17.9. The summed E-state index contributed by atoms with van der Waals surface area (Å²) < 4.78 is 10.8. The smallest absolute Gasteiger partial charge is 0.241 e. The van der Waals surface area contributed by atoms with Gasteiger partial charge in [-0.1, -0.05) is 24.3 Å². The number of nitrogens with one attached hydrogen (secondary N) is 2. The molecule has 7 nitrogen and oxygen atoms in total. The number of hydrazine groups is 1. The molecule has 7 heteroatoms. The summed E-state index contributed by atoms with van der Waals surface area (Å²) in [5.74, 6) is 1.66. The van der Waals surface area contributed by atoms with E-state index < -0.39 is 0 Å². The fraction of sp³-hybridized carbons (Fsp3) is 0.435. The number of nitrogens with zero attached hydrogens (tertiary/aromatic N) is 2. The van der Waals surface area contributed by atoms with E-state index in [1.54, 1.807) is 14.2 Å². The van der Waals surface area contributed by atoms with Crippen molar-refractivity contribution < 1.29 is 14.3 Å². The van der Waals surface area contributed by atoms with Crippen LogP contribution in [0.4, 0.5) is 5.69 Å². The van der Waals surface area contributed by atoms with Gasteiger partial charge in [-0.2, -0.15) is 0 Å². The monoisotopic (exact) mass is 410 g/mol. The Labute approximate surface area is 177 Å². The average Bonchev–Trinajstić information content (AvgIpc) is 3.28. The summed E-state index contributed by atoms with van der Waals surface area (Å²) in [7, 11) is 3.29. The largest absolute Gasteiger partial charge is 0.497 e. The quantitative estimate of drug-likeness (QED) is 0.788. The summed E-state index contributed by atoms with van der Waals surface area (Å²) in [5.41, 5.74) is 10.0. The number of piperazine rings is 1. The molecule has 0 aliphatic carbocycles. The molecule has 0 aromatic heterocycles. The van der Waals surface area contributed by atoms with Crippen molar-refractivity contribution in [2.45, 2.75) is 25.4 Å². The number of amides is 1. The Kier molecular flexibility index (Phi) is 6.11. The van der Waals surface area contributed by atoms with Gasteiger partial charge in [-0.3, -0.25) is 4.79 Å². The Bertz CT molecular complexity index is 896. The predicted octanol–water partition coefficient (Wildman–Crippen LogP) is 2.27. The number of ether oxygens (including phenoxy) is 2. The molecular weight excluding hydrogens is 380 g/mol. The zero-order chi connectivity index (χ0) is 21.1. The maximum absolute atomic E-state index is 13.1. The van der Waals surface area contributed by atoms with Gasteiger partial charge in [-0.25, -0.2) is 10.9 Å². The molecule has 4 rings (SSSR count). The zero-order valence-corrected chi connectivity index (χ0v) is 17.9. The number of para-hydroxylation sites is 1. The first-order valence-electron chi connectivity index (χ1n) is 10.4. The standard InChI is InChI=1S/C23H30N4O3/c1-16-6-4-5-7-21(16)26-10-12-27(13-11-26)23(28)20-15-19(24-25-20)18-9-8-17(29-2)14-22(18)30-3/h4-9,14,19-20,24-25H,10-13,15H2,1-3H3. The molecule has 2 aromatic rings. The molecule has 2 saturated heterocycles. The van der Waals surface area contributed by atoms with E-state index in [1.807, 2.05) is 23.1 Å². The fourth-order valence-corrected chi connectivity index (χ4v) is 4.33. The third kappa shape index (κ3) is 4.08. The van der Waals surface area contributed by atoms with E-state index >= 15 is 0 Å². The Hall–Kier alpha value is -2.77. The third-order valence-electron chi connectivity index (χ3n) is 6.06. The van der Waals surface area contributed by atoms with Crippen LogP contribution in [0.3, 0.4) is 0 Å². The lowest BCUT2D eigenvalue weighted by Crippen LogP contribution is -2.53. The van der Waals surface area contributed by atoms with E-state index in [0.717, 1.165) is 43.2 Å². The number of anilines is 1. The second kappa shape index (κ2) is 8.93. The maximum Gasteiger partial charge on any atom is 0.241 e. The predicted molar refractivity (Wildman–Crippen MR) is 117 cm³/mol. The topological polar surface area (TPSA) is 66.1 Å². The number of methoxy groups -OCH3 is 2. The van der Waals surface area contributed by atoms with Crippen molar-refractivity contribution in [3.05, 3.63) is 53.6 Å². The summed E-state index contributed by atoms with van der Waals surface area (Å²) in [6, 6.07) is 14.0. The van der Waals surface area contributed by atoms with Gasteiger partial charge in [0.1, 0.15) is 17.5 Å². The maximum atomic E-state index is 13.1. The second-order valence-corrected chi connectivity index (χ2v) is 7.84. The molecule has 2 heterocycles. The highest BCUT2D eigenvalue weighted by Gasteiger charge is 2.35. The van der Waals surface area contributed by atoms with Crippen LogP contribution in [0.1, 0.15) is 23.6 Å². The van der Waals surface area contributed by atoms with E-state index in [-0.39, 0.29) is 18.0 Å². The fourth-order valence-electron chi connectivity index (χ4n) is 4.33. The SMILES string of the molecule is COc1ccc(C2CC(C(=O)N3CCN(c4ccccc4C)CC3)NN2)c(OC)c1. The summed E-state index contributed by atoms with van der Waals surface area (Å²) >= 11 is 0. The average molecular weight is 411 g/mol. The molecular formula is C23H30N4O3. The highest BCUT2D eigenvalue weighted by atomic mass is 16.5. The third-order valence-corrected chi connectivity index (χ3v) is 6.06. The van der Waals surface area contributed by atoms with Crippen LogP contribution in [-0.2, 0) is 4.79 Å². The summed E-state index contributed by atoms with van der Waals surface area (Å²) in [5, 5.41) is 0. The molecule has 0 saturated carbocycles. The summed E-state index contributed by atoms with van der Waals surface area (Å²) in [6.45, 7) is 5.32. The molecule has 1 amide bonds. The van der Waals surface area contributed by atoms with Crippen LogP contribution >= 0.6 is 0 Å². The minimum Gasteiger partial charge on any atom is -0.497 e. The van der Waals surface area contributed by atoms with Crippen molar-refractivity contribution in [2.24, 2.45) is 0 Å². The molecule has 0 bridgehead atoms. The van der Waals surface area contributed by atoms with Gasteiger partial charge in [0.25, 0.3) is 0 Å². The van der Waals surface area contributed by atoms with Crippen molar-refractivity contribution in [1.29, 1.82) is 0 Å². The minimum absolute atomic E-state index is 0.00747. The Morgan fingerprint density at radius 3 is 2.47 bits per heavy atom.